The SMILES string of the molecule is CC(C1=Cc2c(Br)cccc2C1)C1C=Cc2c(Br)cccc21. The van der Waals surface area contributed by atoms with Gasteiger partial charge >= 0.3 is 0 Å². The van der Waals surface area contributed by atoms with Crippen molar-refractivity contribution in [2.45, 2.75) is 19.3 Å². The highest BCUT2D eigenvalue weighted by molar-refractivity contribution is 9.10. The van der Waals surface area contributed by atoms with E-state index >= 15 is 0 Å². The minimum absolute atomic E-state index is 0.479. The van der Waals surface area contributed by atoms with Gasteiger partial charge < -0.3 is 0 Å². The largest absolute Gasteiger partial charge is 0.0758 e. The van der Waals surface area contributed by atoms with E-state index in [0.717, 1.165) is 6.42 Å². The predicted molar refractivity (Wildman–Crippen MR) is 101 cm³/mol. The van der Waals surface area contributed by atoms with Gasteiger partial charge in [-0.1, -0.05) is 86.9 Å². The number of fused-ring (bicyclic) bond motifs is 2. The molecule has 2 aliphatic carbocycles. The summed E-state index contributed by atoms with van der Waals surface area (Å²) in [5.41, 5.74) is 7.12. The number of halogens is 2. The van der Waals surface area contributed by atoms with E-state index in [1.165, 1.54) is 36.8 Å². The van der Waals surface area contributed by atoms with Crippen LogP contribution in [-0.4, -0.2) is 0 Å². The second-order valence-corrected chi connectivity index (χ2v) is 7.83. The van der Waals surface area contributed by atoms with Gasteiger partial charge in [0.2, 0.25) is 0 Å². The quantitative estimate of drug-likeness (QED) is 0.518. The van der Waals surface area contributed by atoms with E-state index in [4.69, 9.17) is 0 Å². The van der Waals surface area contributed by atoms with Gasteiger partial charge in [-0.15, -0.1) is 0 Å². The van der Waals surface area contributed by atoms with Crippen molar-refractivity contribution < 1.29 is 0 Å². The van der Waals surface area contributed by atoms with Crippen molar-refractivity contribution in [2.75, 3.05) is 0 Å². The summed E-state index contributed by atoms with van der Waals surface area (Å²) in [5.74, 6) is 0.998. The molecule has 2 atom stereocenters. The monoisotopic (exact) mass is 414 g/mol. The van der Waals surface area contributed by atoms with Crippen LogP contribution in [0.15, 0.2) is 57.0 Å². The van der Waals surface area contributed by atoms with Gasteiger partial charge in [0, 0.05) is 14.9 Å². The topological polar surface area (TPSA) is 0 Å². The summed E-state index contributed by atoms with van der Waals surface area (Å²) in [6, 6.07) is 13.0. The molecule has 2 aromatic carbocycles. The third-order valence-corrected chi connectivity index (χ3v) is 6.29. The number of allylic oxidation sites excluding steroid dienone is 2. The lowest BCUT2D eigenvalue weighted by Gasteiger charge is -2.21. The number of rotatable bonds is 2. The lowest BCUT2D eigenvalue weighted by atomic mass is 9.83. The third kappa shape index (κ3) is 2.24. The van der Waals surface area contributed by atoms with E-state index < -0.39 is 0 Å². The van der Waals surface area contributed by atoms with Crippen LogP contribution in [0, 0.1) is 5.92 Å². The minimum atomic E-state index is 0.479. The molecule has 22 heavy (non-hydrogen) atoms. The van der Waals surface area contributed by atoms with Gasteiger partial charge in [-0.3, -0.25) is 0 Å². The van der Waals surface area contributed by atoms with Crippen molar-refractivity contribution in [2.24, 2.45) is 5.92 Å². The lowest BCUT2D eigenvalue weighted by Crippen LogP contribution is -2.09. The molecule has 4 rings (SSSR count). The molecule has 0 aromatic heterocycles. The van der Waals surface area contributed by atoms with Gasteiger partial charge in [-0.2, -0.15) is 0 Å². The first-order valence-electron chi connectivity index (χ1n) is 7.59. The maximum atomic E-state index is 3.68. The van der Waals surface area contributed by atoms with Crippen LogP contribution in [0.2, 0.25) is 0 Å². The van der Waals surface area contributed by atoms with Gasteiger partial charge in [0.15, 0.2) is 0 Å². The van der Waals surface area contributed by atoms with Crippen molar-refractivity contribution in [3.05, 3.63) is 79.2 Å². The Hall–Kier alpha value is -1.12. The first-order valence-corrected chi connectivity index (χ1v) is 9.18. The molecule has 0 saturated carbocycles. The summed E-state index contributed by atoms with van der Waals surface area (Å²) in [6.45, 7) is 2.36. The highest BCUT2D eigenvalue weighted by Crippen LogP contribution is 2.44. The number of hydrogen-bond acceptors (Lipinski definition) is 0. The smallest absolute Gasteiger partial charge is 0.0250 e. The van der Waals surface area contributed by atoms with Gasteiger partial charge in [0.1, 0.15) is 0 Å². The first kappa shape index (κ1) is 14.5. The highest BCUT2D eigenvalue weighted by Gasteiger charge is 2.28. The zero-order valence-electron chi connectivity index (χ0n) is 12.3. The standard InChI is InChI=1S/C20H16Br2/c1-12(14-10-13-4-2-6-20(22)18(13)11-14)15-8-9-17-16(15)5-3-7-19(17)21/h2-9,11-12,15H,10H2,1H3. The highest BCUT2D eigenvalue weighted by atomic mass is 79.9. The van der Waals surface area contributed by atoms with Crippen molar-refractivity contribution in [1.29, 1.82) is 0 Å². The normalized spacial score (nSPS) is 19.8. The summed E-state index contributed by atoms with van der Waals surface area (Å²) in [4.78, 5) is 0. The molecule has 0 fully saturated rings. The molecule has 0 spiro atoms. The Morgan fingerprint density at radius 2 is 1.73 bits per heavy atom. The van der Waals surface area contributed by atoms with Gasteiger partial charge in [-0.05, 0) is 46.7 Å². The molecular weight excluding hydrogens is 400 g/mol. The van der Waals surface area contributed by atoms with E-state index in [1.807, 2.05) is 0 Å². The molecule has 0 nitrogen and oxygen atoms in total. The second-order valence-electron chi connectivity index (χ2n) is 6.12. The Kier molecular flexibility index (Phi) is 3.62. The molecule has 2 aliphatic rings. The molecule has 0 radical (unpaired) electrons. The summed E-state index contributed by atoms with van der Waals surface area (Å²) in [7, 11) is 0. The van der Waals surface area contributed by atoms with Crippen molar-refractivity contribution in [3.63, 3.8) is 0 Å². The van der Waals surface area contributed by atoms with Crippen LogP contribution in [0.3, 0.4) is 0 Å². The van der Waals surface area contributed by atoms with Gasteiger partial charge in [-0.25, -0.2) is 0 Å². The molecule has 2 unspecified atom stereocenters. The fourth-order valence-electron chi connectivity index (χ4n) is 3.64. The third-order valence-electron chi connectivity index (χ3n) is 4.91. The molecule has 0 saturated heterocycles. The first-order chi connectivity index (χ1) is 10.6. The molecule has 0 amide bonds. The van der Waals surface area contributed by atoms with E-state index in [0.29, 0.717) is 11.8 Å². The summed E-state index contributed by atoms with van der Waals surface area (Å²) in [5, 5.41) is 0. The van der Waals surface area contributed by atoms with Crippen LogP contribution in [0.25, 0.3) is 12.2 Å². The molecule has 0 aliphatic heterocycles. The van der Waals surface area contributed by atoms with Crippen LogP contribution in [0.5, 0.6) is 0 Å². The Morgan fingerprint density at radius 1 is 1.00 bits per heavy atom. The van der Waals surface area contributed by atoms with Crippen molar-refractivity contribution in [3.8, 4) is 0 Å². The lowest BCUT2D eigenvalue weighted by molar-refractivity contribution is 0.606. The molecule has 0 heterocycles. The van der Waals surface area contributed by atoms with Crippen LogP contribution in [-0.2, 0) is 6.42 Å². The Bertz CT molecular complexity index is 814. The molecule has 0 bridgehead atoms. The van der Waals surface area contributed by atoms with Gasteiger partial charge in [0.05, 0.1) is 0 Å². The van der Waals surface area contributed by atoms with E-state index in [1.54, 1.807) is 0 Å². The van der Waals surface area contributed by atoms with Crippen LogP contribution < -0.4 is 0 Å². The second kappa shape index (κ2) is 5.50. The number of hydrogen-bond donors (Lipinski definition) is 0. The van der Waals surface area contributed by atoms with Crippen LogP contribution in [0.1, 0.15) is 35.1 Å². The summed E-state index contributed by atoms with van der Waals surface area (Å²) in [6.07, 6.45) is 8.08. The molecule has 2 aromatic rings. The summed E-state index contributed by atoms with van der Waals surface area (Å²) < 4.78 is 2.40. The zero-order valence-corrected chi connectivity index (χ0v) is 15.5. The Morgan fingerprint density at radius 3 is 2.50 bits per heavy atom. The fraction of sp³-hybridized carbons (Fsp3) is 0.200. The molecular formula is C20H16Br2. The minimum Gasteiger partial charge on any atom is -0.0758 e. The maximum Gasteiger partial charge on any atom is 0.0250 e. The number of benzene rings is 2. The van der Waals surface area contributed by atoms with E-state index in [-0.39, 0.29) is 0 Å². The molecule has 0 N–H and O–H groups in total. The van der Waals surface area contributed by atoms with Crippen LogP contribution >= 0.6 is 31.9 Å². The summed E-state index contributed by atoms with van der Waals surface area (Å²) >= 11 is 7.35. The average molecular weight is 416 g/mol. The van der Waals surface area contributed by atoms with E-state index in [2.05, 4.69) is 93.4 Å². The average Bonchev–Trinajstić information content (AvgIpc) is 3.12. The molecule has 2 heteroatoms. The fourth-order valence-corrected chi connectivity index (χ4v) is 4.67. The molecule has 110 valence electrons. The van der Waals surface area contributed by atoms with E-state index in [9.17, 15) is 0 Å². The van der Waals surface area contributed by atoms with Gasteiger partial charge in [0.25, 0.3) is 0 Å². The zero-order chi connectivity index (χ0) is 15.3. The Labute approximate surface area is 148 Å². The maximum absolute atomic E-state index is 3.68. The Balaban J connectivity index is 1.68. The predicted octanol–water partition coefficient (Wildman–Crippen LogP) is 6.60. The van der Waals surface area contributed by atoms with Crippen LogP contribution in [0.4, 0.5) is 0 Å². The van der Waals surface area contributed by atoms with Crippen molar-refractivity contribution in [1.82, 2.24) is 0 Å². The van der Waals surface area contributed by atoms with Crippen molar-refractivity contribution >= 4 is 44.0 Å².